The van der Waals surface area contributed by atoms with Crippen LogP contribution in [0.4, 0.5) is 17.6 Å². The Morgan fingerprint density at radius 2 is 1.59 bits per heavy atom. The third kappa shape index (κ3) is 3.00. The van der Waals surface area contributed by atoms with Gasteiger partial charge in [-0.25, -0.2) is 4.39 Å². The lowest BCUT2D eigenvalue weighted by Crippen LogP contribution is -2.41. The van der Waals surface area contributed by atoms with Crippen LogP contribution in [-0.2, 0) is 15.5 Å². The minimum Gasteiger partial charge on any atom is -0.402 e. The fraction of sp³-hybridized carbons (Fsp3) is 0.571. The maximum absolute atomic E-state index is 13.9. The highest BCUT2D eigenvalue weighted by Gasteiger charge is 2.53. The summed E-state index contributed by atoms with van der Waals surface area (Å²) < 4.78 is 63.5. The van der Waals surface area contributed by atoms with Gasteiger partial charge in [0.2, 0.25) is 0 Å². The number of halogens is 4. The number of nitrogens with two attached hydrogens (primary N) is 1. The van der Waals surface area contributed by atoms with Crippen molar-refractivity contribution in [1.29, 1.82) is 0 Å². The Morgan fingerprint density at radius 1 is 1.09 bits per heavy atom. The molecule has 1 aliphatic rings. The van der Waals surface area contributed by atoms with E-state index in [1.54, 1.807) is 27.7 Å². The molecule has 1 heterocycles. The van der Waals surface area contributed by atoms with Crippen molar-refractivity contribution >= 4 is 7.12 Å². The maximum atomic E-state index is 13.9. The van der Waals surface area contributed by atoms with E-state index in [9.17, 15) is 17.6 Å². The van der Waals surface area contributed by atoms with Crippen molar-refractivity contribution in [2.24, 2.45) is 5.73 Å². The van der Waals surface area contributed by atoms with Gasteiger partial charge in [-0.05, 0) is 45.9 Å². The molecule has 122 valence electrons. The number of alkyl halides is 3. The zero-order valence-corrected chi connectivity index (χ0v) is 12.8. The third-order valence-corrected chi connectivity index (χ3v) is 4.25. The number of hydrogen-bond acceptors (Lipinski definition) is 3. The molecule has 1 aromatic rings. The number of hydrogen-bond donors (Lipinski definition) is 1. The standard InChI is InChI=1S/C14H18BF4NO2/c1-12(2)13(3,4)22-15(21-12)11(20)9-7-8(14(17,18)19)5-6-10(9)16/h5-7,11H,20H2,1-4H3/t11-/m1/s1. The van der Waals surface area contributed by atoms with E-state index in [2.05, 4.69) is 0 Å². The molecule has 0 spiro atoms. The van der Waals surface area contributed by atoms with Gasteiger partial charge in [-0.2, -0.15) is 13.2 Å². The molecule has 3 nitrogen and oxygen atoms in total. The quantitative estimate of drug-likeness (QED) is 0.670. The van der Waals surface area contributed by atoms with Crippen molar-refractivity contribution in [3.63, 3.8) is 0 Å². The largest absolute Gasteiger partial charge is 0.480 e. The van der Waals surface area contributed by atoms with Crippen LogP contribution >= 0.6 is 0 Å². The van der Waals surface area contributed by atoms with Gasteiger partial charge in [0.05, 0.1) is 22.7 Å². The molecule has 0 aliphatic carbocycles. The van der Waals surface area contributed by atoms with Crippen molar-refractivity contribution in [3.8, 4) is 0 Å². The Morgan fingerprint density at radius 3 is 2.05 bits per heavy atom. The van der Waals surface area contributed by atoms with E-state index < -0.39 is 41.8 Å². The van der Waals surface area contributed by atoms with Crippen molar-refractivity contribution in [2.45, 2.75) is 51.0 Å². The average molecular weight is 319 g/mol. The van der Waals surface area contributed by atoms with E-state index in [0.717, 1.165) is 6.07 Å². The number of benzene rings is 1. The Hall–Kier alpha value is -1.12. The van der Waals surface area contributed by atoms with Gasteiger partial charge in [0.25, 0.3) is 0 Å². The van der Waals surface area contributed by atoms with Crippen molar-refractivity contribution in [2.75, 3.05) is 0 Å². The van der Waals surface area contributed by atoms with Gasteiger partial charge in [0.1, 0.15) is 5.82 Å². The van der Waals surface area contributed by atoms with Crippen LogP contribution in [0.15, 0.2) is 18.2 Å². The second-order valence-electron chi connectivity index (χ2n) is 6.38. The Labute approximate surface area is 126 Å². The molecule has 2 rings (SSSR count). The zero-order valence-electron chi connectivity index (χ0n) is 12.8. The molecule has 1 atom stereocenters. The highest BCUT2D eigenvalue weighted by molar-refractivity contribution is 6.47. The van der Waals surface area contributed by atoms with Crippen molar-refractivity contribution in [3.05, 3.63) is 35.1 Å². The first-order valence-electron chi connectivity index (χ1n) is 6.83. The third-order valence-electron chi connectivity index (χ3n) is 4.25. The first-order valence-corrected chi connectivity index (χ1v) is 6.83. The summed E-state index contributed by atoms with van der Waals surface area (Å²) in [7, 11) is -1.03. The van der Waals surface area contributed by atoms with Crippen molar-refractivity contribution < 1.29 is 26.9 Å². The Bertz CT molecular complexity index is 558. The fourth-order valence-electron chi connectivity index (χ4n) is 2.16. The van der Waals surface area contributed by atoms with Crippen LogP contribution in [0, 0.1) is 5.82 Å². The lowest BCUT2D eigenvalue weighted by atomic mass is 9.74. The van der Waals surface area contributed by atoms with Gasteiger partial charge in [0, 0.05) is 5.56 Å². The lowest BCUT2D eigenvalue weighted by Gasteiger charge is -2.32. The maximum Gasteiger partial charge on any atom is 0.480 e. The molecule has 1 aliphatic heterocycles. The Balaban J connectivity index is 2.33. The SMILES string of the molecule is CC1(C)OB([C@H](N)c2cc(C(F)(F)F)ccc2F)OC1(C)C. The first kappa shape index (κ1) is 17.2. The second-order valence-corrected chi connectivity index (χ2v) is 6.38. The van der Waals surface area contributed by atoms with Crippen LogP contribution in [-0.4, -0.2) is 18.3 Å². The van der Waals surface area contributed by atoms with E-state index >= 15 is 0 Å². The summed E-state index contributed by atoms with van der Waals surface area (Å²) in [6, 6.07) is 2.13. The molecule has 0 radical (unpaired) electrons. The van der Waals surface area contributed by atoms with E-state index in [0.29, 0.717) is 12.1 Å². The van der Waals surface area contributed by atoms with E-state index in [1.807, 2.05) is 0 Å². The highest BCUT2D eigenvalue weighted by Crippen LogP contribution is 2.40. The van der Waals surface area contributed by atoms with Crippen LogP contribution in [0.1, 0.15) is 44.8 Å². The van der Waals surface area contributed by atoms with Crippen LogP contribution < -0.4 is 5.73 Å². The molecular weight excluding hydrogens is 301 g/mol. The highest BCUT2D eigenvalue weighted by atomic mass is 19.4. The summed E-state index contributed by atoms with van der Waals surface area (Å²) in [6.07, 6.45) is -4.57. The van der Waals surface area contributed by atoms with Crippen LogP contribution in [0.25, 0.3) is 0 Å². The van der Waals surface area contributed by atoms with Gasteiger partial charge in [-0.3, -0.25) is 0 Å². The molecule has 0 unspecified atom stereocenters. The summed E-state index contributed by atoms with van der Waals surface area (Å²) in [4.78, 5) is 0. The summed E-state index contributed by atoms with van der Waals surface area (Å²) in [5.74, 6) is -1.99. The molecule has 0 bridgehead atoms. The van der Waals surface area contributed by atoms with Crippen LogP contribution in [0.5, 0.6) is 0 Å². The molecule has 0 aromatic heterocycles. The summed E-state index contributed by atoms with van der Waals surface area (Å²) in [5, 5.41) is 0. The molecule has 2 N–H and O–H groups in total. The summed E-state index contributed by atoms with van der Waals surface area (Å²) in [6.45, 7) is 7.12. The average Bonchev–Trinajstić information content (AvgIpc) is 2.56. The van der Waals surface area contributed by atoms with Gasteiger partial charge >= 0.3 is 13.3 Å². The van der Waals surface area contributed by atoms with E-state index in [1.165, 1.54) is 0 Å². The molecule has 0 saturated carbocycles. The van der Waals surface area contributed by atoms with Crippen LogP contribution in [0.3, 0.4) is 0 Å². The molecule has 1 fully saturated rings. The van der Waals surface area contributed by atoms with Gasteiger partial charge in [-0.15, -0.1) is 0 Å². The number of rotatable bonds is 2. The molecule has 0 amide bonds. The van der Waals surface area contributed by atoms with Gasteiger partial charge in [0.15, 0.2) is 0 Å². The van der Waals surface area contributed by atoms with Crippen LogP contribution in [0.2, 0.25) is 0 Å². The topological polar surface area (TPSA) is 44.5 Å². The smallest absolute Gasteiger partial charge is 0.402 e. The summed E-state index contributed by atoms with van der Waals surface area (Å²) in [5.41, 5.74) is 3.25. The zero-order chi connectivity index (χ0) is 16.9. The molecule has 1 saturated heterocycles. The minimum atomic E-state index is -4.57. The molecule has 8 heteroatoms. The van der Waals surface area contributed by atoms with Gasteiger partial charge < -0.3 is 15.0 Å². The fourth-order valence-corrected chi connectivity index (χ4v) is 2.16. The monoisotopic (exact) mass is 319 g/mol. The molecule has 22 heavy (non-hydrogen) atoms. The molecule has 1 aromatic carbocycles. The second kappa shape index (κ2) is 5.21. The first-order chi connectivity index (χ1) is 9.85. The molecular formula is C14H18BF4NO2. The van der Waals surface area contributed by atoms with E-state index in [4.69, 9.17) is 15.0 Å². The minimum absolute atomic E-state index is 0.284. The van der Waals surface area contributed by atoms with Gasteiger partial charge in [-0.1, -0.05) is 0 Å². The predicted molar refractivity (Wildman–Crippen MR) is 74.4 cm³/mol. The van der Waals surface area contributed by atoms with Crippen molar-refractivity contribution in [1.82, 2.24) is 0 Å². The normalized spacial score (nSPS) is 22.0. The summed E-state index contributed by atoms with van der Waals surface area (Å²) >= 11 is 0. The predicted octanol–water partition coefficient (Wildman–Crippen LogP) is 3.48. The van der Waals surface area contributed by atoms with E-state index in [-0.39, 0.29) is 5.56 Å². The Kier molecular flexibility index (Phi) is 4.09. The lowest BCUT2D eigenvalue weighted by molar-refractivity contribution is -0.137.